The van der Waals surface area contributed by atoms with E-state index in [2.05, 4.69) is 16.8 Å². The summed E-state index contributed by atoms with van der Waals surface area (Å²) in [7, 11) is 0. The van der Waals surface area contributed by atoms with Crippen molar-refractivity contribution < 1.29 is 0 Å². The predicted octanol–water partition coefficient (Wildman–Crippen LogP) is 2.95. The highest BCUT2D eigenvalue weighted by atomic mass is 35.5. The summed E-state index contributed by atoms with van der Waals surface area (Å²) in [5, 5.41) is 1.15. The summed E-state index contributed by atoms with van der Waals surface area (Å²) in [6.45, 7) is 4.59. The van der Waals surface area contributed by atoms with E-state index >= 15 is 0 Å². The standard InChI is InChI=1S/C11H17Cl2N3/c1-2-5-16(6-3-4-14)11-10(13)7-9(12)8-15-11/h7-8H,2-6,14H2,1H3. The Labute approximate surface area is 107 Å². The Morgan fingerprint density at radius 3 is 2.69 bits per heavy atom. The van der Waals surface area contributed by atoms with Gasteiger partial charge in [0.05, 0.1) is 10.0 Å². The molecule has 0 aliphatic heterocycles. The van der Waals surface area contributed by atoms with Crippen molar-refractivity contribution in [3.63, 3.8) is 0 Å². The number of aromatic nitrogens is 1. The molecule has 1 rings (SSSR count). The zero-order valence-corrected chi connectivity index (χ0v) is 10.9. The lowest BCUT2D eigenvalue weighted by Gasteiger charge is -2.23. The molecule has 0 aromatic carbocycles. The monoisotopic (exact) mass is 261 g/mol. The number of nitrogens with zero attached hydrogens (tertiary/aromatic N) is 2. The van der Waals surface area contributed by atoms with E-state index in [1.807, 2.05) is 0 Å². The lowest BCUT2D eigenvalue weighted by molar-refractivity contribution is 0.712. The van der Waals surface area contributed by atoms with Crippen LogP contribution in [0, 0.1) is 0 Å². The van der Waals surface area contributed by atoms with Crippen LogP contribution in [0.2, 0.25) is 10.0 Å². The van der Waals surface area contributed by atoms with Gasteiger partial charge < -0.3 is 10.6 Å². The van der Waals surface area contributed by atoms with E-state index in [0.717, 1.165) is 31.7 Å². The summed E-state index contributed by atoms with van der Waals surface area (Å²) in [5.74, 6) is 0.793. The highest BCUT2D eigenvalue weighted by molar-refractivity contribution is 6.36. The maximum absolute atomic E-state index is 6.12. The van der Waals surface area contributed by atoms with Gasteiger partial charge in [-0.15, -0.1) is 0 Å². The molecule has 5 heteroatoms. The Bertz CT molecular complexity index is 331. The molecule has 90 valence electrons. The zero-order chi connectivity index (χ0) is 12.0. The van der Waals surface area contributed by atoms with Gasteiger partial charge in [-0.2, -0.15) is 0 Å². The third-order valence-corrected chi connectivity index (χ3v) is 2.70. The fourth-order valence-corrected chi connectivity index (χ4v) is 2.02. The Morgan fingerprint density at radius 1 is 1.38 bits per heavy atom. The van der Waals surface area contributed by atoms with Crippen molar-refractivity contribution in [2.45, 2.75) is 19.8 Å². The quantitative estimate of drug-likeness (QED) is 0.857. The van der Waals surface area contributed by atoms with Gasteiger partial charge in [-0.05, 0) is 25.5 Å². The number of rotatable bonds is 6. The molecule has 1 aromatic heterocycles. The molecule has 0 spiro atoms. The molecule has 0 amide bonds. The van der Waals surface area contributed by atoms with Crippen molar-refractivity contribution in [1.82, 2.24) is 4.98 Å². The molecule has 0 fully saturated rings. The molecular formula is C11H17Cl2N3. The topological polar surface area (TPSA) is 42.1 Å². The van der Waals surface area contributed by atoms with Crippen LogP contribution < -0.4 is 10.6 Å². The van der Waals surface area contributed by atoms with E-state index in [4.69, 9.17) is 28.9 Å². The Balaban J connectivity index is 2.82. The smallest absolute Gasteiger partial charge is 0.147 e. The fourth-order valence-electron chi connectivity index (χ4n) is 1.52. The minimum Gasteiger partial charge on any atom is -0.355 e. The van der Waals surface area contributed by atoms with Crippen LogP contribution in [-0.2, 0) is 0 Å². The Hall–Kier alpha value is -0.510. The number of hydrogen-bond donors (Lipinski definition) is 1. The largest absolute Gasteiger partial charge is 0.355 e. The first kappa shape index (κ1) is 13.6. The molecule has 0 saturated carbocycles. The number of halogens is 2. The first-order valence-corrected chi connectivity index (χ1v) is 6.20. The van der Waals surface area contributed by atoms with Crippen LogP contribution in [-0.4, -0.2) is 24.6 Å². The second-order valence-corrected chi connectivity index (χ2v) is 4.43. The summed E-state index contributed by atoms with van der Waals surface area (Å²) >= 11 is 11.9. The van der Waals surface area contributed by atoms with E-state index in [1.54, 1.807) is 12.3 Å². The van der Waals surface area contributed by atoms with E-state index in [-0.39, 0.29) is 0 Å². The van der Waals surface area contributed by atoms with Crippen LogP contribution >= 0.6 is 23.2 Å². The molecule has 0 unspecified atom stereocenters. The molecule has 0 radical (unpaired) electrons. The van der Waals surface area contributed by atoms with Crippen molar-refractivity contribution >= 4 is 29.0 Å². The number of nitrogens with two attached hydrogens (primary N) is 1. The van der Waals surface area contributed by atoms with Crippen LogP contribution in [0.5, 0.6) is 0 Å². The lowest BCUT2D eigenvalue weighted by Crippen LogP contribution is -2.28. The minimum atomic E-state index is 0.559. The van der Waals surface area contributed by atoms with Crippen LogP contribution in [0.15, 0.2) is 12.3 Å². The average Bonchev–Trinajstić information content (AvgIpc) is 2.25. The summed E-state index contributed by atoms with van der Waals surface area (Å²) in [5.41, 5.74) is 5.51. The number of hydrogen-bond acceptors (Lipinski definition) is 3. The normalized spacial score (nSPS) is 10.5. The maximum Gasteiger partial charge on any atom is 0.147 e. The van der Waals surface area contributed by atoms with E-state index in [9.17, 15) is 0 Å². The second kappa shape index (κ2) is 6.94. The van der Waals surface area contributed by atoms with E-state index in [1.165, 1.54) is 0 Å². The van der Waals surface area contributed by atoms with Crippen molar-refractivity contribution in [2.24, 2.45) is 5.73 Å². The molecule has 2 N–H and O–H groups in total. The number of anilines is 1. The molecule has 3 nitrogen and oxygen atoms in total. The predicted molar refractivity (Wildman–Crippen MR) is 70.4 cm³/mol. The Kier molecular flexibility index (Phi) is 5.88. The fraction of sp³-hybridized carbons (Fsp3) is 0.545. The highest BCUT2D eigenvalue weighted by Crippen LogP contribution is 2.26. The van der Waals surface area contributed by atoms with Gasteiger partial charge >= 0.3 is 0 Å². The summed E-state index contributed by atoms with van der Waals surface area (Å²) < 4.78 is 0. The summed E-state index contributed by atoms with van der Waals surface area (Å²) in [4.78, 5) is 6.42. The molecule has 0 bridgehead atoms. The molecule has 1 aromatic rings. The molecular weight excluding hydrogens is 245 g/mol. The third-order valence-electron chi connectivity index (χ3n) is 2.21. The number of pyridine rings is 1. The first-order valence-electron chi connectivity index (χ1n) is 5.45. The van der Waals surface area contributed by atoms with Crippen molar-refractivity contribution in [2.75, 3.05) is 24.5 Å². The van der Waals surface area contributed by atoms with Gasteiger partial charge in [0.2, 0.25) is 0 Å². The van der Waals surface area contributed by atoms with Crippen molar-refractivity contribution in [3.05, 3.63) is 22.3 Å². The third kappa shape index (κ3) is 3.81. The highest BCUT2D eigenvalue weighted by Gasteiger charge is 2.11. The molecule has 0 atom stereocenters. The molecule has 0 aliphatic carbocycles. The van der Waals surface area contributed by atoms with Gasteiger partial charge in [0, 0.05) is 19.3 Å². The molecule has 16 heavy (non-hydrogen) atoms. The van der Waals surface area contributed by atoms with E-state index < -0.39 is 0 Å². The van der Waals surface area contributed by atoms with Crippen molar-refractivity contribution in [3.8, 4) is 0 Å². The molecule has 0 aliphatic rings. The zero-order valence-electron chi connectivity index (χ0n) is 9.42. The lowest BCUT2D eigenvalue weighted by atomic mass is 10.3. The van der Waals surface area contributed by atoms with Crippen molar-refractivity contribution in [1.29, 1.82) is 0 Å². The Morgan fingerprint density at radius 2 is 2.12 bits per heavy atom. The van der Waals surface area contributed by atoms with Gasteiger partial charge in [-0.3, -0.25) is 0 Å². The maximum atomic E-state index is 6.12. The van der Waals surface area contributed by atoms with Crippen LogP contribution in [0.25, 0.3) is 0 Å². The van der Waals surface area contributed by atoms with Crippen LogP contribution in [0.3, 0.4) is 0 Å². The SMILES string of the molecule is CCCN(CCCN)c1ncc(Cl)cc1Cl. The second-order valence-electron chi connectivity index (χ2n) is 3.59. The molecule has 0 saturated heterocycles. The molecule has 1 heterocycles. The van der Waals surface area contributed by atoms with Gasteiger partial charge in [0.25, 0.3) is 0 Å². The van der Waals surface area contributed by atoms with Gasteiger partial charge in [0.15, 0.2) is 0 Å². The summed E-state index contributed by atoms with van der Waals surface area (Å²) in [6, 6.07) is 1.72. The minimum absolute atomic E-state index is 0.559. The van der Waals surface area contributed by atoms with Crippen LogP contribution in [0.1, 0.15) is 19.8 Å². The summed E-state index contributed by atoms with van der Waals surface area (Å²) in [6.07, 6.45) is 3.60. The van der Waals surface area contributed by atoms with E-state index in [0.29, 0.717) is 16.6 Å². The first-order chi connectivity index (χ1) is 7.69. The average molecular weight is 262 g/mol. The van der Waals surface area contributed by atoms with Gasteiger partial charge in [0.1, 0.15) is 5.82 Å². The van der Waals surface area contributed by atoms with Gasteiger partial charge in [-0.25, -0.2) is 4.98 Å². The van der Waals surface area contributed by atoms with Crippen LogP contribution in [0.4, 0.5) is 5.82 Å². The van der Waals surface area contributed by atoms with Gasteiger partial charge in [-0.1, -0.05) is 30.1 Å².